The third kappa shape index (κ3) is 2.84. The Morgan fingerprint density at radius 1 is 1.38 bits per heavy atom. The molecule has 116 valence electrons. The van der Waals surface area contributed by atoms with Crippen LogP contribution in [0.5, 0.6) is 0 Å². The maximum absolute atomic E-state index is 12.8. The van der Waals surface area contributed by atoms with Gasteiger partial charge in [0.15, 0.2) is 5.69 Å². The molecule has 1 aromatic heterocycles. The minimum atomic E-state index is 0.0462. The highest BCUT2D eigenvalue weighted by atomic mass is 16.5. The highest BCUT2D eigenvalue weighted by Gasteiger charge is 2.38. The van der Waals surface area contributed by atoms with Gasteiger partial charge in [-0.2, -0.15) is 0 Å². The van der Waals surface area contributed by atoms with Crippen molar-refractivity contribution in [1.29, 1.82) is 0 Å². The molecule has 0 spiro atoms. The molecule has 5 nitrogen and oxygen atoms in total. The minimum absolute atomic E-state index is 0.0462. The molecule has 2 fully saturated rings. The van der Waals surface area contributed by atoms with Gasteiger partial charge in [-0.25, -0.2) is 0 Å². The SMILES string of the molecule is CC(C)c1cc(C(=O)N2CCC[C@@H]3CN(C)CC[C@H]32)no1. The summed E-state index contributed by atoms with van der Waals surface area (Å²) in [4.78, 5) is 17.2. The molecule has 21 heavy (non-hydrogen) atoms. The quantitative estimate of drug-likeness (QED) is 0.839. The van der Waals surface area contributed by atoms with Crippen LogP contribution in [0.25, 0.3) is 0 Å². The van der Waals surface area contributed by atoms with Crippen molar-refractivity contribution in [3.05, 3.63) is 17.5 Å². The summed E-state index contributed by atoms with van der Waals surface area (Å²) in [6, 6.07) is 2.19. The molecular formula is C16H25N3O2. The van der Waals surface area contributed by atoms with Crippen molar-refractivity contribution >= 4 is 5.91 Å². The molecule has 0 saturated carbocycles. The van der Waals surface area contributed by atoms with Crippen molar-refractivity contribution in [3.63, 3.8) is 0 Å². The molecule has 2 atom stereocenters. The van der Waals surface area contributed by atoms with Crippen molar-refractivity contribution in [1.82, 2.24) is 15.0 Å². The van der Waals surface area contributed by atoms with E-state index in [0.29, 0.717) is 17.7 Å². The lowest BCUT2D eigenvalue weighted by Crippen LogP contribution is -2.55. The molecule has 3 heterocycles. The first-order valence-corrected chi connectivity index (χ1v) is 8.02. The fourth-order valence-electron chi connectivity index (χ4n) is 3.65. The summed E-state index contributed by atoms with van der Waals surface area (Å²) < 4.78 is 5.29. The Morgan fingerprint density at radius 2 is 2.19 bits per heavy atom. The van der Waals surface area contributed by atoms with Gasteiger partial charge in [0.05, 0.1) is 0 Å². The van der Waals surface area contributed by atoms with E-state index in [-0.39, 0.29) is 11.8 Å². The normalized spacial score (nSPS) is 27.0. The summed E-state index contributed by atoms with van der Waals surface area (Å²) in [5, 5.41) is 3.99. The van der Waals surface area contributed by atoms with Crippen molar-refractivity contribution < 1.29 is 9.32 Å². The maximum Gasteiger partial charge on any atom is 0.276 e. The van der Waals surface area contributed by atoms with Crippen molar-refractivity contribution in [2.45, 2.75) is 45.1 Å². The van der Waals surface area contributed by atoms with Crippen molar-refractivity contribution in [2.75, 3.05) is 26.7 Å². The lowest BCUT2D eigenvalue weighted by Gasteiger charge is -2.46. The average molecular weight is 291 g/mol. The number of rotatable bonds is 2. The minimum Gasteiger partial charge on any atom is -0.360 e. The third-order valence-electron chi connectivity index (χ3n) is 4.85. The lowest BCUT2D eigenvalue weighted by molar-refractivity contribution is 0.0246. The Labute approximate surface area is 126 Å². The first kappa shape index (κ1) is 14.6. The molecule has 2 saturated heterocycles. The summed E-state index contributed by atoms with van der Waals surface area (Å²) in [5.74, 6) is 1.70. The summed E-state index contributed by atoms with van der Waals surface area (Å²) in [6.07, 6.45) is 3.40. The predicted molar refractivity (Wildman–Crippen MR) is 80.3 cm³/mol. The second kappa shape index (κ2) is 5.79. The predicted octanol–water partition coefficient (Wildman–Crippen LogP) is 2.35. The first-order valence-electron chi connectivity index (χ1n) is 8.02. The zero-order valence-corrected chi connectivity index (χ0v) is 13.2. The Balaban J connectivity index is 1.76. The van der Waals surface area contributed by atoms with Gasteiger partial charge in [0.2, 0.25) is 0 Å². The lowest BCUT2D eigenvalue weighted by atomic mass is 9.84. The van der Waals surface area contributed by atoms with Crippen LogP contribution in [0.1, 0.15) is 55.3 Å². The van der Waals surface area contributed by atoms with E-state index >= 15 is 0 Å². The fraction of sp³-hybridized carbons (Fsp3) is 0.750. The Kier molecular flexibility index (Phi) is 4.02. The monoisotopic (exact) mass is 291 g/mol. The summed E-state index contributed by atoms with van der Waals surface area (Å²) in [6.45, 7) is 7.12. The Morgan fingerprint density at radius 3 is 2.90 bits per heavy atom. The average Bonchev–Trinajstić information content (AvgIpc) is 2.95. The standard InChI is InChI=1S/C16H25N3O2/c1-11(2)15-9-13(17-21-15)16(20)19-7-4-5-12-10-18(3)8-6-14(12)19/h9,11-12,14H,4-8,10H2,1-3H3/t12-,14-/m1/s1. The number of likely N-dealkylation sites (tertiary alicyclic amines) is 2. The van der Waals surface area contributed by atoms with E-state index in [1.165, 1.54) is 6.42 Å². The highest BCUT2D eigenvalue weighted by Crippen LogP contribution is 2.31. The van der Waals surface area contributed by atoms with Crippen LogP contribution >= 0.6 is 0 Å². The second-order valence-corrected chi connectivity index (χ2v) is 6.79. The van der Waals surface area contributed by atoms with E-state index in [1.807, 2.05) is 24.8 Å². The zero-order chi connectivity index (χ0) is 15.0. The van der Waals surface area contributed by atoms with Gasteiger partial charge in [0.25, 0.3) is 5.91 Å². The fourth-order valence-corrected chi connectivity index (χ4v) is 3.65. The van der Waals surface area contributed by atoms with Crippen LogP contribution in [-0.4, -0.2) is 53.6 Å². The van der Waals surface area contributed by atoms with Crippen LogP contribution < -0.4 is 0 Å². The molecule has 0 aliphatic carbocycles. The molecule has 0 unspecified atom stereocenters. The van der Waals surface area contributed by atoms with Gasteiger partial charge in [-0.15, -0.1) is 0 Å². The number of fused-ring (bicyclic) bond motifs is 1. The van der Waals surface area contributed by atoms with Crippen LogP contribution in [0.3, 0.4) is 0 Å². The van der Waals surface area contributed by atoms with Crippen LogP contribution in [0.4, 0.5) is 0 Å². The van der Waals surface area contributed by atoms with Gasteiger partial charge in [-0.3, -0.25) is 4.79 Å². The molecular weight excluding hydrogens is 266 g/mol. The van der Waals surface area contributed by atoms with Gasteiger partial charge in [-0.1, -0.05) is 19.0 Å². The van der Waals surface area contributed by atoms with Crippen molar-refractivity contribution in [3.8, 4) is 0 Å². The van der Waals surface area contributed by atoms with E-state index in [2.05, 4.69) is 17.1 Å². The van der Waals surface area contributed by atoms with Gasteiger partial charge in [0.1, 0.15) is 5.76 Å². The number of hydrogen-bond acceptors (Lipinski definition) is 4. The molecule has 0 N–H and O–H groups in total. The number of hydrogen-bond donors (Lipinski definition) is 0. The zero-order valence-electron chi connectivity index (χ0n) is 13.2. The molecule has 2 aliphatic heterocycles. The first-order chi connectivity index (χ1) is 10.1. The van der Waals surface area contributed by atoms with Crippen LogP contribution in [0.15, 0.2) is 10.6 Å². The number of carbonyl (C=O) groups excluding carboxylic acids is 1. The maximum atomic E-state index is 12.8. The number of carbonyl (C=O) groups is 1. The summed E-state index contributed by atoms with van der Waals surface area (Å²) in [5.41, 5.74) is 0.471. The second-order valence-electron chi connectivity index (χ2n) is 6.79. The van der Waals surface area contributed by atoms with Gasteiger partial charge in [-0.05, 0) is 38.8 Å². The molecule has 5 heteroatoms. The largest absolute Gasteiger partial charge is 0.360 e. The van der Waals surface area contributed by atoms with Crippen LogP contribution in [0, 0.1) is 5.92 Å². The van der Waals surface area contributed by atoms with E-state index < -0.39 is 0 Å². The smallest absolute Gasteiger partial charge is 0.276 e. The van der Waals surface area contributed by atoms with E-state index in [1.54, 1.807) is 0 Å². The summed E-state index contributed by atoms with van der Waals surface area (Å²) in [7, 11) is 2.17. The number of amides is 1. The van der Waals surface area contributed by atoms with E-state index in [0.717, 1.165) is 38.2 Å². The van der Waals surface area contributed by atoms with Crippen LogP contribution in [0.2, 0.25) is 0 Å². The topological polar surface area (TPSA) is 49.6 Å². The van der Waals surface area contributed by atoms with Gasteiger partial charge in [0, 0.05) is 31.1 Å². The molecule has 0 aromatic carbocycles. The number of piperidine rings is 2. The van der Waals surface area contributed by atoms with E-state index in [9.17, 15) is 4.79 Å². The van der Waals surface area contributed by atoms with Crippen molar-refractivity contribution in [2.24, 2.45) is 5.92 Å². The molecule has 2 aliphatic rings. The number of nitrogens with zero attached hydrogens (tertiary/aromatic N) is 3. The Hall–Kier alpha value is -1.36. The summed E-state index contributed by atoms with van der Waals surface area (Å²) >= 11 is 0. The van der Waals surface area contributed by atoms with Gasteiger partial charge >= 0.3 is 0 Å². The highest BCUT2D eigenvalue weighted by molar-refractivity contribution is 5.92. The molecule has 1 amide bonds. The van der Waals surface area contributed by atoms with E-state index in [4.69, 9.17) is 4.52 Å². The third-order valence-corrected chi connectivity index (χ3v) is 4.85. The molecule has 1 aromatic rings. The number of aromatic nitrogens is 1. The molecule has 3 rings (SSSR count). The van der Waals surface area contributed by atoms with Gasteiger partial charge < -0.3 is 14.3 Å². The molecule has 0 bridgehead atoms. The molecule has 0 radical (unpaired) electrons. The van der Waals surface area contributed by atoms with Crippen LogP contribution in [-0.2, 0) is 0 Å². The Bertz CT molecular complexity index is 511.